The van der Waals surface area contributed by atoms with E-state index in [9.17, 15) is 8.42 Å². The minimum atomic E-state index is -3.37. The van der Waals surface area contributed by atoms with Gasteiger partial charge in [-0.25, -0.2) is 4.72 Å². The van der Waals surface area contributed by atoms with E-state index in [2.05, 4.69) is 14.9 Å². The molecule has 0 aliphatic heterocycles. The molecular formula is C7H14N4O3S. The summed E-state index contributed by atoms with van der Waals surface area (Å²) in [6, 6.07) is 0. The van der Waals surface area contributed by atoms with E-state index in [4.69, 9.17) is 4.42 Å². The van der Waals surface area contributed by atoms with Gasteiger partial charge in [0.25, 0.3) is 10.2 Å². The molecular weight excluding hydrogens is 220 g/mol. The number of nitrogens with zero attached hydrogens (tertiary/aromatic N) is 3. The zero-order valence-electron chi connectivity index (χ0n) is 8.89. The van der Waals surface area contributed by atoms with Crippen molar-refractivity contribution in [2.75, 3.05) is 20.6 Å². The predicted octanol–water partition coefficient (Wildman–Crippen LogP) is -0.683. The third-order valence-corrected chi connectivity index (χ3v) is 3.20. The lowest BCUT2D eigenvalue weighted by molar-refractivity contribution is 0.462. The average molecular weight is 234 g/mol. The van der Waals surface area contributed by atoms with Crippen LogP contribution in [0.15, 0.2) is 4.42 Å². The van der Waals surface area contributed by atoms with E-state index in [1.165, 1.54) is 14.1 Å². The largest absolute Gasteiger partial charge is 0.426 e. The Kier molecular flexibility index (Phi) is 3.77. The van der Waals surface area contributed by atoms with Gasteiger partial charge >= 0.3 is 0 Å². The zero-order chi connectivity index (χ0) is 11.5. The molecule has 7 nitrogen and oxygen atoms in total. The molecule has 1 aromatic rings. The average Bonchev–Trinajstić information content (AvgIpc) is 2.51. The normalized spacial score (nSPS) is 12.3. The van der Waals surface area contributed by atoms with Gasteiger partial charge in [-0.1, -0.05) is 0 Å². The molecule has 0 fully saturated rings. The third kappa shape index (κ3) is 3.57. The number of rotatable bonds is 5. The molecule has 0 saturated heterocycles. The monoisotopic (exact) mass is 234 g/mol. The molecule has 0 atom stereocenters. The van der Waals surface area contributed by atoms with Crippen molar-refractivity contribution < 1.29 is 12.8 Å². The molecule has 8 heteroatoms. The summed E-state index contributed by atoms with van der Waals surface area (Å²) in [4.78, 5) is 0. The van der Waals surface area contributed by atoms with Crippen molar-refractivity contribution in [3.63, 3.8) is 0 Å². The molecule has 15 heavy (non-hydrogen) atoms. The van der Waals surface area contributed by atoms with E-state index < -0.39 is 10.2 Å². The van der Waals surface area contributed by atoms with Gasteiger partial charge in [0.1, 0.15) is 0 Å². The van der Waals surface area contributed by atoms with Crippen LogP contribution in [-0.4, -0.2) is 43.6 Å². The van der Waals surface area contributed by atoms with Crippen LogP contribution < -0.4 is 4.72 Å². The van der Waals surface area contributed by atoms with Crippen molar-refractivity contribution in [2.24, 2.45) is 0 Å². The number of aryl methyl sites for hydroxylation is 1. The molecule has 1 N–H and O–H groups in total. The van der Waals surface area contributed by atoms with Gasteiger partial charge in [0, 0.05) is 34.0 Å². The number of nitrogens with one attached hydrogen (secondary N) is 1. The molecule has 0 saturated carbocycles. The van der Waals surface area contributed by atoms with Crippen molar-refractivity contribution in [1.82, 2.24) is 19.2 Å². The van der Waals surface area contributed by atoms with Crippen LogP contribution >= 0.6 is 0 Å². The van der Waals surface area contributed by atoms with Crippen LogP contribution in [0.25, 0.3) is 0 Å². The fourth-order valence-electron chi connectivity index (χ4n) is 0.855. The summed E-state index contributed by atoms with van der Waals surface area (Å²) in [5, 5.41) is 7.38. The smallest absolute Gasteiger partial charge is 0.278 e. The highest BCUT2D eigenvalue weighted by molar-refractivity contribution is 7.87. The molecule has 0 unspecified atom stereocenters. The topological polar surface area (TPSA) is 88.3 Å². The Hall–Kier alpha value is -0.990. The fourth-order valence-corrected chi connectivity index (χ4v) is 1.47. The molecule has 0 aromatic carbocycles. The zero-order valence-corrected chi connectivity index (χ0v) is 9.71. The maximum Gasteiger partial charge on any atom is 0.278 e. The van der Waals surface area contributed by atoms with E-state index in [0.717, 1.165) is 4.31 Å². The van der Waals surface area contributed by atoms with Gasteiger partial charge in [-0.05, 0) is 0 Å². The first-order valence-corrected chi connectivity index (χ1v) is 5.82. The first-order chi connectivity index (χ1) is 6.92. The molecule has 1 aromatic heterocycles. The first kappa shape index (κ1) is 12.1. The molecule has 1 heterocycles. The molecule has 0 amide bonds. The fraction of sp³-hybridized carbons (Fsp3) is 0.714. The van der Waals surface area contributed by atoms with Crippen molar-refractivity contribution in [3.8, 4) is 0 Å². The molecule has 0 aliphatic carbocycles. The molecule has 86 valence electrons. The summed E-state index contributed by atoms with van der Waals surface area (Å²) in [6.07, 6.45) is 0.383. The second-order valence-electron chi connectivity index (χ2n) is 3.15. The summed E-state index contributed by atoms with van der Waals surface area (Å²) in [7, 11) is -0.453. The van der Waals surface area contributed by atoms with Gasteiger partial charge in [-0.15, -0.1) is 10.2 Å². The van der Waals surface area contributed by atoms with Gasteiger partial charge < -0.3 is 4.42 Å². The number of aromatic nitrogens is 2. The summed E-state index contributed by atoms with van der Waals surface area (Å²) in [5.74, 6) is 0.898. The lowest BCUT2D eigenvalue weighted by Gasteiger charge is -2.11. The van der Waals surface area contributed by atoms with Gasteiger partial charge in [0.05, 0.1) is 0 Å². The quantitative estimate of drug-likeness (QED) is 0.729. The van der Waals surface area contributed by atoms with E-state index >= 15 is 0 Å². The Labute approximate surface area is 88.7 Å². The lowest BCUT2D eigenvalue weighted by atomic mass is 10.4. The van der Waals surface area contributed by atoms with Gasteiger partial charge in [-0.2, -0.15) is 12.7 Å². The highest BCUT2D eigenvalue weighted by Gasteiger charge is 2.12. The molecule has 0 radical (unpaired) electrons. The van der Waals surface area contributed by atoms with Crippen LogP contribution in [-0.2, 0) is 16.6 Å². The van der Waals surface area contributed by atoms with Crippen LogP contribution in [0.1, 0.15) is 11.8 Å². The summed E-state index contributed by atoms with van der Waals surface area (Å²) >= 11 is 0. The maximum absolute atomic E-state index is 11.3. The van der Waals surface area contributed by atoms with Crippen LogP contribution in [0.5, 0.6) is 0 Å². The summed E-state index contributed by atoms with van der Waals surface area (Å²) in [6.45, 7) is 1.92. The van der Waals surface area contributed by atoms with Crippen LogP contribution in [0.3, 0.4) is 0 Å². The van der Waals surface area contributed by atoms with E-state index in [1.54, 1.807) is 6.92 Å². The van der Waals surface area contributed by atoms with Gasteiger partial charge in [-0.3, -0.25) is 0 Å². The second kappa shape index (κ2) is 4.69. The van der Waals surface area contributed by atoms with E-state index in [-0.39, 0.29) is 6.54 Å². The number of hydrogen-bond donors (Lipinski definition) is 1. The van der Waals surface area contributed by atoms with E-state index in [0.29, 0.717) is 18.2 Å². The summed E-state index contributed by atoms with van der Waals surface area (Å²) < 4.78 is 31.1. The molecule has 0 aliphatic rings. The molecule has 0 bridgehead atoms. The minimum Gasteiger partial charge on any atom is -0.426 e. The Morgan fingerprint density at radius 2 is 2.07 bits per heavy atom. The number of hydrogen-bond acceptors (Lipinski definition) is 5. The van der Waals surface area contributed by atoms with E-state index in [1.807, 2.05) is 0 Å². The second-order valence-corrected chi connectivity index (χ2v) is 5.12. The first-order valence-electron chi connectivity index (χ1n) is 4.38. The SMILES string of the molecule is Cc1nnc(CCNS(=O)(=O)N(C)C)o1. The lowest BCUT2D eigenvalue weighted by Crippen LogP contribution is -2.36. The minimum absolute atomic E-state index is 0.238. The van der Waals surface area contributed by atoms with Gasteiger partial charge in [0.15, 0.2) is 0 Å². The van der Waals surface area contributed by atoms with Crippen LogP contribution in [0, 0.1) is 6.92 Å². The Morgan fingerprint density at radius 3 is 2.53 bits per heavy atom. The van der Waals surface area contributed by atoms with Crippen molar-refractivity contribution in [2.45, 2.75) is 13.3 Å². The third-order valence-electron chi connectivity index (χ3n) is 1.67. The Balaban J connectivity index is 2.40. The Bertz CT molecular complexity index is 412. The van der Waals surface area contributed by atoms with Crippen LogP contribution in [0.2, 0.25) is 0 Å². The highest BCUT2D eigenvalue weighted by atomic mass is 32.2. The summed E-state index contributed by atoms with van der Waals surface area (Å²) in [5.41, 5.74) is 0. The van der Waals surface area contributed by atoms with Crippen molar-refractivity contribution in [1.29, 1.82) is 0 Å². The van der Waals surface area contributed by atoms with Crippen molar-refractivity contribution in [3.05, 3.63) is 11.8 Å². The predicted molar refractivity (Wildman–Crippen MR) is 53.3 cm³/mol. The van der Waals surface area contributed by atoms with Crippen molar-refractivity contribution >= 4 is 10.2 Å². The van der Waals surface area contributed by atoms with Gasteiger partial charge in [0.2, 0.25) is 11.8 Å². The maximum atomic E-state index is 11.3. The molecule has 1 rings (SSSR count). The standard InChI is InChI=1S/C7H14N4O3S/c1-6-9-10-7(14-6)4-5-8-15(12,13)11(2)3/h8H,4-5H2,1-3H3. The van der Waals surface area contributed by atoms with Crippen LogP contribution in [0.4, 0.5) is 0 Å². The highest BCUT2D eigenvalue weighted by Crippen LogP contribution is 1.98. The molecule has 0 spiro atoms. The Morgan fingerprint density at radius 1 is 1.40 bits per heavy atom.